The summed E-state index contributed by atoms with van der Waals surface area (Å²) in [6.07, 6.45) is 5.03. The Morgan fingerprint density at radius 3 is 2.70 bits per heavy atom. The number of carbonyl (C=O) groups is 1. The summed E-state index contributed by atoms with van der Waals surface area (Å²) in [5, 5.41) is 7.53. The van der Waals surface area contributed by atoms with Gasteiger partial charge in [-0.15, -0.1) is 11.8 Å². The van der Waals surface area contributed by atoms with Crippen LogP contribution in [0.5, 0.6) is 0 Å². The molecule has 120 valence electrons. The average Bonchev–Trinajstić information content (AvgIpc) is 3.05. The van der Waals surface area contributed by atoms with Crippen molar-refractivity contribution in [1.82, 2.24) is 9.78 Å². The van der Waals surface area contributed by atoms with E-state index in [1.807, 2.05) is 36.0 Å². The lowest BCUT2D eigenvalue weighted by Crippen LogP contribution is -2.23. The van der Waals surface area contributed by atoms with Crippen molar-refractivity contribution in [2.45, 2.75) is 35.8 Å². The Hall–Kier alpha value is -2.08. The fourth-order valence-corrected chi connectivity index (χ4v) is 4.00. The van der Waals surface area contributed by atoms with Crippen molar-refractivity contribution in [3.05, 3.63) is 52.4 Å². The van der Waals surface area contributed by atoms with Crippen molar-refractivity contribution in [1.29, 1.82) is 0 Å². The zero-order valence-corrected chi connectivity index (χ0v) is 13.8. The number of hydrogen-bond donors (Lipinski definition) is 1. The molecule has 1 heterocycles. The van der Waals surface area contributed by atoms with Gasteiger partial charge in [-0.1, -0.05) is 25.0 Å². The molecule has 23 heavy (non-hydrogen) atoms. The van der Waals surface area contributed by atoms with Crippen LogP contribution in [0.1, 0.15) is 36.2 Å². The van der Waals surface area contributed by atoms with Crippen LogP contribution < -0.4 is 10.9 Å². The van der Waals surface area contributed by atoms with E-state index in [4.69, 9.17) is 0 Å². The van der Waals surface area contributed by atoms with Crippen molar-refractivity contribution in [2.24, 2.45) is 7.05 Å². The molecule has 3 rings (SSSR count). The molecule has 0 spiro atoms. The van der Waals surface area contributed by atoms with Crippen LogP contribution in [0.15, 0.2) is 46.1 Å². The highest BCUT2D eigenvalue weighted by Crippen LogP contribution is 2.38. The summed E-state index contributed by atoms with van der Waals surface area (Å²) >= 11 is 1.83. The number of aromatic nitrogens is 2. The summed E-state index contributed by atoms with van der Waals surface area (Å²) in [7, 11) is 1.53. The lowest BCUT2D eigenvalue weighted by molar-refractivity contribution is 0.102. The number of rotatable bonds is 4. The number of thioether (sulfide) groups is 1. The number of para-hydroxylation sites is 1. The first kappa shape index (κ1) is 15.8. The number of nitrogens with one attached hydrogen (secondary N) is 1. The van der Waals surface area contributed by atoms with Gasteiger partial charge in [0.15, 0.2) is 0 Å². The molecule has 1 N–H and O–H groups in total. The number of carbonyl (C=O) groups excluding carboxylic acids is 1. The lowest BCUT2D eigenvalue weighted by Gasteiger charge is -2.14. The van der Waals surface area contributed by atoms with Gasteiger partial charge in [-0.05, 0) is 31.0 Å². The van der Waals surface area contributed by atoms with Crippen molar-refractivity contribution >= 4 is 23.4 Å². The molecule has 1 aromatic heterocycles. The van der Waals surface area contributed by atoms with E-state index in [1.165, 1.54) is 44.9 Å². The second-order valence-corrected chi connectivity index (χ2v) is 7.00. The summed E-state index contributed by atoms with van der Waals surface area (Å²) in [4.78, 5) is 24.8. The van der Waals surface area contributed by atoms with Crippen molar-refractivity contribution < 1.29 is 4.79 Å². The number of nitrogens with zero attached hydrogens (tertiary/aromatic N) is 2. The Morgan fingerprint density at radius 1 is 1.22 bits per heavy atom. The highest BCUT2D eigenvalue weighted by atomic mass is 32.2. The van der Waals surface area contributed by atoms with Gasteiger partial charge in [-0.25, -0.2) is 4.68 Å². The summed E-state index contributed by atoms with van der Waals surface area (Å²) in [5.41, 5.74) is 0.788. The molecule has 0 saturated heterocycles. The Balaban J connectivity index is 1.77. The third kappa shape index (κ3) is 3.82. The molecular formula is C17H19N3O2S. The first-order valence-corrected chi connectivity index (χ1v) is 8.63. The van der Waals surface area contributed by atoms with Gasteiger partial charge in [-0.3, -0.25) is 9.59 Å². The van der Waals surface area contributed by atoms with Gasteiger partial charge in [0, 0.05) is 23.3 Å². The summed E-state index contributed by atoms with van der Waals surface area (Å²) in [5.74, 6) is -0.305. The van der Waals surface area contributed by atoms with Gasteiger partial charge in [-0.2, -0.15) is 5.10 Å². The molecule has 0 atom stereocenters. The zero-order valence-electron chi connectivity index (χ0n) is 13.0. The van der Waals surface area contributed by atoms with E-state index >= 15 is 0 Å². The maximum atomic E-state index is 12.4. The lowest BCUT2D eigenvalue weighted by atomic mass is 10.3. The minimum absolute atomic E-state index is 0.229. The predicted octanol–water partition coefficient (Wildman–Crippen LogP) is 3.07. The van der Waals surface area contributed by atoms with Crippen LogP contribution in [0.2, 0.25) is 0 Å². The van der Waals surface area contributed by atoms with E-state index in [1.54, 1.807) is 0 Å². The maximum absolute atomic E-state index is 12.4. The molecule has 0 unspecified atom stereocenters. The fraction of sp³-hybridized carbons (Fsp3) is 0.353. The summed E-state index contributed by atoms with van der Waals surface area (Å²) in [6.45, 7) is 0. The normalized spacial score (nSPS) is 14.8. The van der Waals surface area contributed by atoms with E-state index in [0.29, 0.717) is 5.25 Å². The second-order valence-electron chi connectivity index (χ2n) is 5.66. The van der Waals surface area contributed by atoms with Crippen LogP contribution in [0.25, 0.3) is 0 Å². The van der Waals surface area contributed by atoms with Crippen molar-refractivity contribution in [3.63, 3.8) is 0 Å². The standard InChI is InChI=1S/C17H19N3O2S/c1-20-16(21)11-10-14(19-20)17(22)18-13-8-4-5-9-15(13)23-12-6-2-3-7-12/h4-5,8-12H,2-3,6-7H2,1H3,(H,18,22). The van der Waals surface area contributed by atoms with Gasteiger partial charge in [0.05, 0.1) is 5.69 Å². The highest BCUT2D eigenvalue weighted by Gasteiger charge is 2.18. The molecule has 1 saturated carbocycles. The van der Waals surface area contributed by atoms with E-state index in [0.717, 1.165) is 15.3 Å². The van der Waals surface area contributed by atoms with Gasteiger partial charge in [0.1, 0.15) is 5.69 Å². The van der Waals surface area contributed by atoms with Crippen molar-refractivity contribution in [2.75, 3.05) is 5.32 Å². The van der Waals surface area contributed by atoms with E-state index in [-0.39, 0.29) is 17.2 Å². The molecule has 0 bridgehead atoms. The Labute approximate surface area is 139 Å². The van der Waals surface area contributed by atoms with Crippen LogP contribution in [0.4, 0.5) is 5.69 Å². The summed E-state index contributed by atoms with van der Waals surface area (Å²) < 4.78 is 1.16. The van der Waals surface area contributed by atoms with Crippen LogP contribution in [0.3, 0.4) is 0 Å². The number of aryl methyl sites for hydroxylation is 1. The smallest absolute Gasteiger partial charge is 0.276 e. The Kier molecular flexibility index (Phi) is 4.81. The quantitative estimate of drug-likeness (QED) is 0.936. The number of hydrogen-bond acceptors (Lipinski definition) is 4. The molecule has 1 aromatic carbocycles. The van der Waals surface area contributed by atoms with Gasteiger partial charge in [0.2, 0.25) is 0 Å². The molecule has 5 nitrogen and oxygen atoms in total. The zero-order chi connectivity index (χ0) is 16.2. The Bertz CT molecular complexity index is 766. The third-order valence-electron chi connectivity index (χ3n) is 3.92. The molecule has 2 aromatic rings. The fourth-order valence-electron chi connectivity index (χ4n) is 2.67. The van der Waals surface area contributed by atoms with Gasteiger partial charge in [0.25, 0.3) is 11.5 Å². The molecule has 1 amide bonds. The predicted molar refractivity (Wildman–Crippen MR) is 92.0 cm³/mol. The minimum atomic E-state index is -0.305. The Morgan fingerprint density at radius 2 is 1.96 bits per heavy atom. The van der Waals surface area contributed by atoms with Crippen molar-refractivity contribution in [3.8, 4) is 0 Å². The SMILES string of the molecule is Cn1nc(C(=O)Nc2ccccc2SC2CCCC2)ccc1=O. The molecule has 1 fully saturated rings. The molecule has 1 aliphatic rings. The van der Waals surface area contributed by atoms with Crippen LogP contribution >= 0.6 is 11.8 Å². The monoisotopic (exact) mass is 329 g/mol. The van der Waals surface area contributed by atoms with Gasteiger partial charge < -0.3 is 5.32 Å². The molecular weight excluding hydrogens is 310 g/mol. The first-order chi connectivity index (χ1) is 11.1. The van der Waals surface area contributed by atoms with Gasteiger partial charge >= 0.3 is 0 Å². The first-order valence-electron chi connectivity index (χ1n) is 7.75. The second kappa shape index (κ2) is 7.00. The maximum Gasteiger partial charge on any atom is 0.276 e. The number of anilines is 1. The largest absolute Gasteiger partial charge is 0.320 e. The number of benzene rings is 1. The number of amides is 1. The molecule has 6 heteroatoms. The van der Waals surface area contributed by atoms with Crippen LogP contribution in [-0.2, 0) is 7.05 Å². The summed E-state index contributed by atoms with van der Waals surface area (Å²) in [6, 6.07) is 10.6. The van der Waals surface area contributed by atoms with Crippen LogP contribution in [0, 0.1) is 0 Å². The minimum Gasteiger partial charge on any atom is -0.320 e. The van der Waals surface area contributed by atoms with E-state index in [2.05, 4.69) is 10.4 Å². The third-order valence-corrected chi connectivity index (χ3v) is 5.34. The molecule has 0 radical (unpaired) electrons. The molecule has 0 aliphatic heterocycles. The average molecular weight is 329 g/mol. The topological polar surface area (TPSA) is 64.0 Å². The highest BCUT2D eigenvalue weighted by molar-refractivity contribution is 8.00. The van der Waals surface area contributed by atoms with Crippen LogP contribution in [-0.4, -0.2) is 20.9 Å². The molecule has 1 aliphatic carbocycles. The van der Waals surface area contributed by atoms with E-state index < -0.39 is 0 Å². The van der Waals surface area contributed by atoms with E-state index in [9.17, 15) is 9.59 Å².